The first-order valence-electron chi connectivity index (χ1n) is 10.5. The van der Waals surface area contributed by atoms with Crippen molar-refractivity contribution in [2.75, 3.05) is 13.2 Å². The van der Waals surface area contributed by atoms with Crippen molar-refractivity contribution in [3.63, 3.8) is 0 Å². The summed E-state index contributed by atoms with van der Waals surface area (Å²) in [7, 11) is 0. The van der Waals surface area contributed by atoms with E-state index in [0.29, 0.717) is 5.69 Å². The van der Waals surface area contributed by atoms with E-state index in [-0.39, 0.29) is 32.2 Å². The number of fused-ring (bicyclic) bond motifs is 3. The van der Waals surface area contributed by atoms with Gasteiger partial charge in [-0.25, -0.2) is 14.3 Å². The molecule has 1 aliphatic rings. The summed E-state index contributed by atoms with van der Waals surface area (Å²) in [5.41, 5.74) is 5.02. The second-order valence-corrected chi connectivity index (χ2v) is 7.47. The second kappa shape index (κ2) is 10.3. The van der Waals surface area contributed by atoms with Gasteiger partial charge in [0.1, 0.15) is 18.8 Å². The molecule has 0 saturated heterocycles. The van der Waals surface area contributed by atoms with Gasteiger partial charge in [0.25, 0.3) is 0 Å². The molecule has 0 bridgehead atoms. The molecule has 0 fully saturated rings. The maximum Gasteiger partial charge on any atom is 0.407 e. The summed E-state index contributed by atoms with van der Waals surface area (Å²) in [6.45, 7) is 0.0859. The fourth-order valence-corrected chi connectivity index (χ4v) is 3.77. The zero-order valence-corrected chi connectivity index (χ0v) is 18.0. The SMILES string of the molecule is O=C(O)C#CCNC(=O)Cn1cc(CNC(=O)OCC2c3ccccc3-c3ccccc32)nn1. The van der Waals surface area contributed by atoms with Gasteiger partial charge in [0, 0.05) is 11.8 Å². The van der Waals surface area contributed by atoms with Gasteiger partial charge in [-0.15, -0.1) is 5.10 Å². The molecule has 0 aliphatic heterocycles. The number of carboxylic acid groups (broad SMARTS) is 1. The first kappa shape index (κ1) is 22.5. The fraction of sp³-hybridized carbons (Fsp3) is 0.208. The third kappa shape index (κ3) is 5.39. The molecule has 1 aromatic heterocycles. The number of nitrogens with zero attached hydrogens (tertiary/aromatic N) is 3. The van der Waals surface area contributed by atoms with Crippen molar-refractivity contribution in [2.24, 2.45) is 0 Å². The number of alkyl carbamates (subject to hydrolysis) is 1. The van der Waals surface area contributed by atoms with Gasteiger partial charge in [-0.1, -0.05) is 59.7 Å². The smallest absolute Gasteiger partial charge is 0.407 e. The molecule has 10 heteroatoms. The quantitative estimate of drug-likeness (QED) is 0.456. The Balaban J connectivity index is 1.25. The van der Waals surface area contributed by atoms with E-state index >= 15 is 0 Å². The van der Waals surface area contributed by atoms with Crippen LogP contribution in [-0.2, 0) is 27.4 Å². The van der Waals surface area contributed by atoms with E-state index in [9.17, 15) is 14.4 Å². The van der Waals surface area contributed by atoms with E-state index in [1.807, 2.05) is 30.2 Å². The van der Waals surface area contributed by atoms with Gasteiger partial charge in [-0.2, -0.15) is 0 Å². The van der Waals surface area contributed by atoms with Gasteiger partial charge in [0.05, 0.1) is 19.3 Å². The van der Waals surface area contributed by atoms with Gasteiger partial charge < -0.3 is 20.5 Å². The number of aliphatic carboxylic acids is 1. The third-order valence-electron chi connectivity index (χ3n) is 5.22. The summed E-state index contributed by atoms with van der Waals surface area (Å²) in [6, 6.07) is 16.2. The van der Waals surface area contributed by atoms with Crippen LogP contribution in [0.2, 0.25) is 0 Å². The third-order valence-corrected chi connectivity index (χ3v) is 5.22. The van der Waals surface area contributed by atoms with Crippen molar-refractivity contribution < 1.29 is 24.2 Å². The van der Waals surface area contributed by atoms with Crippen molar-refractivity contribution in [3.8, 4) is 23.0 Å². The number of nitrogens with one attached hydrogen (secondary N) is 2. The lowest BCUT2D eigenvalue weighted by Crippen LogP contribution is -2.28. The maximum atomic E-state index is 12.3. The van der Waals surface area contributed by atoms with Crippen LogP contribution >= 0.6 is 0 Å². The van der Waals surface area contributed by atoms with Gasteiger partial charge >= 0.3 is 12.1 Å². The minimum atomic E-state index is -1.26. The molecule has 3 N–H and O–H groups in total. The Bertz CT molecular complexity index is 1240. The summed E-state index contributed by atoms with van der Waals surface area (Å²) in [4.78, 5) is 34.4. The van der Waals surface area contributed by atoms with E-state index in [0.717, 1.165) is 22.3 Å². The molecule has 0 radical (unpaired) electrons. The van der Waals surface area contributed by atoms with E-state index in [2.05, 4.69) is 51.1 Å². The number of amides is 2. The molecule has 172 valence electrons. The molecule has 2 amide bonds. The number of aromatic nitrogens is 3. The van der Waals surface area contributed by atoms with Crippen molar-refractivity contribution in [3.05, 3.63) is 71.5 Å². The van der Waals surface area contributed by atoms with Crippen LogP contribution in [0.25, 0.3) is 11.1 Å². The van der Waals surface area contributed by atoms with Crippen molar-refractivity contribution in [1.29, 1.82) is 0 Å². The Kier molecular flexibility index (Phi) is 6.84. The molecule has 2 aromatic carbocycles. The molecule has 10 nitrogen and oxygen atoms in total. The highest BCUT2D eigenvalue weighted by atomic mass is 16.5. The van der Waals surface area contributed by atoms with Gasteiger partial charge in [-0.3, -0.25) is 4.79 Å². The maximum absolute atomic E-state index is 12.3. The number of rotatable bonds is 7. The summed E-state index contributed by atoms with van der Waals surface area (Å²) in [5.74, 6) is 2.50. The summed E-state index contributed by atoms with van der Waals surface area (Å²) in [6.07, 6.45) is 0.942. The fourth-order valence-electron chi connectivity index (χ4n) is 3.77. The Hall–Kier alpha value is -4.65. The van der Waals surface area contributed by atoms with Crippen molar-refractivity contribution >= 4 is 18.0 Å². The molecular weight excluding hydrogens is 438 g/mol. The first-order chi connectivity index (χ1) is 16.5. The normalized spacial score (nSPS) is 11.5. The Labute approximate surface area is 194 Å². The first-order valence-corrected chi connectivity index (χ1v) is 10.5. The van der Waals surface area contributed by atoms with Crippen LogP contribution in [-0.4, -0.2) is 51.2 Å². The highest BCUT2D eigenvalue weighted by molar-refractivity contribution is 5.86. The van der Waals surface area contributed by atoms with Crippen LogP contribution in [0.15, 0.2) is 54.7 Å². The van der Waals surface area contributed by atoms with E-state index in [4.69, 9.17) is 9.84 Å². The molecule has 1 aliphatic carbocycles. The topological polar surface area (TPSA) is 135 Å². The predicted molar refractivity (Wildman–Crippen MR) is 120 cm³/mol. The number of hydrogen-bond donors (Lipinski definition) is 3. The minimum Gasteiger partial charge on any atom is -0.472 e. The Morgan fingerprint density at radius 1 is 1.03 bits per heavy atom. The van der Waals surface area contributed by atoms with Crippen LogP contribution in [0.3, 0.4) is 0 Å². The van der Waals surface area contributed by atoms with Gasteiger partial charge in [0.15, 0.2) is 0 Å². The zero-order chi connectivity index (χ0) is 23.9. The predicted octanol–water partition coefficient (Wildman–Crippen LogP) is 1.52. The van der Waals surface area contributed by atoms with Crippen LogP contribution in [0.4, 0.5) is 4.79 Å². The van der Waals surface area contributed by atoms with Crippen molar-refractivity contribution in [1.82, 2.24) is 25.6 Å². The average molecular weight is 459 g/mol. The summed E-state index contributed by atoms with van der Waals surface area (Å²) >= 11 is 0. The minimum absolute atomic E-state index is 0.0299. The molecule has 4 rings (SSSR count). The lowest BCUT2D eigenvalue weighted by Gasteiger charge is -2.14. The molecular formula is C24H21N5O5. The molecule has 1 heterocycles. The summed E-state index contributed by atoms with van der Waals surface area (Å²) < 4.78 is 6.78. The molecule has 34 heavy (non-hydrogen) atoms. The lowest BCUT2D eigenvalue weighted by atomic mass is 9.98. The number of hydrogen-bond acceptors (Lipinski definition) is 6. The Morgan fingerprint density at radius 3 is 2.38 bits per heavy atom. The number of ether oxygens (including phenoxy) is 1. The standard InChI is InChI=1S/C24H21N5O5/c30-22(25-11-5-10-23(31)32)14-29-13-16(27-28-29)12-26-24(33)34-15-21-19-8-3-1-6-17(19)18-7-2-4-9-20(18)21/h1-4,6-9,13,21H,11-12,14-15H2,(H,25,30)(H,26,33)(H,31,32). The number of carbonyl (C=O) groups excluding carboxylic acids is 2. The number of carboxylic acids is 1. The van der Waals surface area contributed by atoms with E-state index in [1.54, 1.807) is 0 Å². The highest BCUT2D eigenvalue weighted by Crippen LogP contribution is 2.44. The molecule has 0 saturated carbocycles. The molecule has 0 spiro atoms. The van der Waals surface area contributed by atoms with Gasteiger partial charge in [-0.05, 0) is 22.3 Å². The summed E-state index contributed by atoms with van der Waals surface area (Å²) in [5, 5.41) is 21.3. The highest BCUT2D eigenvalue weighted by Gasteiger charge is 2.28. The van der Waals surface area contributed by atoms with Gasteiger partial charge in [0.2, 0.25) is 5.91 Å². The lowest BCUT2D eigenvalue weighted by molar-refractivity contribution is -0.130. The van der Waals surface area contributed by atoms with Crippen molar-refractivity contribution in [2.45, 2.75) is 19.0 Å². The van der Waals surface area contributed by atoms with Crippen LogP contribution in [0.1, 0.15) is 22.7 Å². The second-order valence-electron chi connectivity index (χ2n) is 7.47. The average Bonchev–Trinajstić information content (AvgIpc) is 3.41. The largest absolute Gasteiger partial charge is 0.472 e. The van der Waals surface area contributed by atoms with E-state index in [1.165, 1.54) is 10.9 Å². The van der Waals surface area contributed by atoms with Crippen LogP contribution < -0.4 is 10.6 Å². The molecule has 0 atom stereocenters. The molecule has 3 aromatic rings. The number of benzene rings is 2. The van der Waals surface area contributed by atoms with E-state index < -0.39 is 18.0 Å². The Morgan fingerprint density at radius 2 is 1.71 bits per heavy atom. The van der Waals surface area contributed by atoms with Crippen LogP contribution in [0, 0.1) is 11.8 Å². The van der Waals surface area contributed by atoms with Crippen LogP contribution in [0.5, 0.6) is 0 Å². The monoisotopic (exact) mass is 459 g/mol. The molecule has 0 unspecified atom stereocenters. The number of carbonyl (C=O) groups is 3. The zero-order valence-electron chi connectivity index (χ0n) is 18.0.